The third-order valence-electron chi connectivity index (χ3n) is 6.01. The van der Waals surface area contributed by atoms with Gasteiger partial charge in [0.1, 0.15) is 0 Å². The summed E-state index contributed by atoms with van der Waals surface area (Å²) in [5, 5.41) is 2.78. The summed E-state index contributed by atoms with van der Waals surface area (Å²) in [6, 6.07) is 3.33. The number of amides is 2. The Morgan fingerprint density at radius 3 is 2.15 bits per heavy atom. The van der Waals surface area contributed by atoms with E-state index in [1.807, 2.05) is 0 Å². The van der Waals surface area contributed by atoms with Crippen LogP contribution in [0.25, 0.3) is 0 Å². The molecule has 7 heteroatoms. The smallest absolute Gasteiger partial charge is 0.254 e. The van der Waals surface area contributed by atoms with Crippen molar-refractivity contribution in [2.24, 2.45) is 11.3 Å². The van der Waals surface area contributed by atoms with Gasteiger partial charge in [-0.05, 0) is 25.0 Å². The van der Waals surface area contributed by atoms with Crippen molar-refractivity contribution in [3.63, 3.8) is 0 Å². The number of hydrogen-bond acceptors (Lipinski definition) is 5. The Kier molecular flexibility index (Phi) is 5.48. The van der Waals surface area contributed by atoms with Crippen LogP contribution in [0.1, 0.15) is 36.0 Å². The van der Waals surface area contributed by atoms with Crippen molar-refractivity contribution in [2.45, 2.75) is 25.7 Å². The molecular formula is C20H28N2O5. The van der Waals surface area contributed by atoms with E-state index >= 15 is 0 Å². The van der Waals surface area contributed by atoms with Crippen LogP contribution in [0.2, 0.25) is 0 Å². The summed E-state index contributed by atoms with van der Waals surface area (Å²) in [6.45, 7) is 1.05. The molecule has 1 saturated carbocycles. The second kappa shape index (κ2) is 7.66. The van der Waals surface area contributed by atoms with E-state index in [4.69, 9.17) is 14.2 Å². The maximum absolute atomic E-state index is 13.2. The van der Waals surface area contributed by atoms with E-state index in [1.165, 1.54) is 21.3 Å². The third-order valence-corrected chi connectivity index (χ3v) is 6.01. The van der Waals surface area contributed by atoms with Gasteiger partial charge in [0, 0.05) is 31.1 Å². The number of carbonyl (C=O) groups is 2. The first-order chi connectivity index (χ1) is 13.0. The van der Waals surface area contributed by atoms with Crippen LogP contribution in [0.15, 0.2) is 12.1 Å². The average Bonchev–Trinajstić information content (AvgIpc) is 3.33. The van der Waals surface area contributed by atoms with Crippen molar-refractivity contribution in [3.8, 4) is 17.2 Å². The SMILES string of the molecule is CNC(=O)[C@@H]1CN(C(=O)c2cc(OC)c(OC)c(OC)c2)CC12CCCC2. The molecule has 148 valence electrons. The van der Waals surface area contributed by atoms with Gasteiger partial charge in [0.15, 0.2) is 11.5 Å². The summed E-state index contributed by atoms with van der Waals surface area (Å²) < 4.78 is 16.1. The summed E-state index contributed by atoms with van der Waals surface area (Å²) in [4.78, 5) is 27.5. The Hall–Kier alpha value is -2.44. The lowest BCUT2D eigenvalue weighted by Crippen LogP contribution is -2.38. The molecule has 1 aromatic rings. The first-order valence-corrected chi connectivity index (χ1v) is 9.30. The maximum atomic E-state index is 13.2. The minimum atomic E-state index is -0.156. The Balaban J connectivity index is 1.91. The number of benzene rings is 1. The largest absolute Gasteiger partial charge is 0.493 e. The molecule has 1 saturated heterocycles. The van der Waals surface area contributed by atoms with Crippen LogP contribution in [-0.2, 0) is 4.79 Å². The highest BCUT2D eigenvalue weighted by Crippen LogP contribution is 2.49. The fourth-order valence-electron chi connectivity index (χ4n) is 4.63. The lowest BCUT2D eigenvalue weighted by molar-refractivity contribution is -0.127. The first kappa shape index (κ1) is 19.3. The van der Waals surface area contributed by atoms with Crippen LogP contribution in [0.3, 0.4) is 0 Å². The lowest BCUT2D eigenvalue weighted by atomic mass is 9.76. The molecule has 1 N–H and O–H groups in total. The van der Waals surface area contributed by atoms with Crippen LogP contribution in [0, 0.1) is 11.3 Å². The normalized spacial score (nSPS) is 20.6. The van der Waals surface area contributed by atoms with Crippen molar-refractivity contribution >= 4 is 11.8 Å². The molecule has 0 aromatic heterocycles. The molecule has 7 nitrogen and oxygen atoms in total. The number of nitrogens with zero attached hydrogens (tertiary/aromatic N) is 1. The molecule has 0 bridgehead atoms. The molecule has 3 rings (SSSR count). The standard InChI is InChI=1S/C20H28N2O5/c1-21-18(23)14-11-22(12-20(14)7-5-6-8-20)19(24)13-9-15(25-2)17(27-4)16(10-13)26-3/h9-10,14H,5-8,11-12H2,1-4H3,(H,21,23)/t14-/m0/s1. The number of rotatable bonds is 5. The molecule has 1 spiro atoms. The van der Waals surface area contributed by atoms with Crippen LogP contribution < -0.4 is 19.5 Å². The second-order valence-corrected chi connectivity index (χ2v) is 7.34. The van der Waals surface area contributed by atoms with Crippen molar-refractivity contribution in [1.29, 1.82) is 0 Å². The minimum Gasteiger partial charge on any atom is -0.493 e. The summed E-state index contributed by atoms with van der Waals surface area (Å²) >= 11 is 0. The third kappa shape index (κ3) is 3.31. The van der Waals surface area contributed by atoms with Gasteiger partial charge < -0.3 is 24.4 Å². The highest BCUT2D eigenvalue weighted by atomic mass is 16.5. The van der Waals surface area contributed by atoms with Gasteiger partial charge in [-0.3, -0.25) is 9.59 Å². The van der Waals surface area contributed by atoms with Gasteiger partial charge >= 0.3 is 0 Å². The topological polar surface area (TPSA) is 77.1 Å². The summed E-state index contributed by atoms with van der Waals surface area (Å²) in [6.07, 6.45) is 4.20. The van der Waals surface area contributed by atoms with Gasteiger partial charge in [-0.15, -0.1) is 0 Å². The van der Waals surface area contributed by atoms with E-state index in [0.717, 1.165) is 25.7 Å². The molecule has 27 heavy (non-hydrogen) atoms. The second-order valence-electron chi connectivity index (χ2n) is 7.34. The molecule has 1 aliphatic carbocycles. The van der Waals surface area contributed by atoms with Crippen molar-refractivity contribution in [3.05, 3.63) is 17.7 Å². The summed E-state index contributed by atoms with van der Waals surface area (Å²) in [7, 11) is 6.24. The fraction of sp³-hybridized carbons (Fsp3) is 0.600. The Labute approximate surface area is 160 Å². The highest BCUT2D eigenvalue weighted by molar-refractivity contribution is 5.96. The molecule has 1 aliphatic heterocycles. The van der Waals surface area contributed by atoms with Gasteiger partial charge in [0.25, 0.3) is 5.91 Å². The van der Waals surface area contributed by atoms with E-state index in [1.54, 1.807) is 24.1 Å². The van der Waals surface area contributed by atoms with E-state index in [-0.39, 0.29) is 23.1 Å². The van der Waals surface area contributed by atoms with E-state index in [0.29, 0.717) is 35.9 Å². The van der Waals surface area contributed by atoms with Crippen molar-refractivity contribution in [1.82, 2.24) is 10.2 Å². The van der Waals surface area contributed by atoms with E-state index < -0.39 is 0 Å². The van der Waals surface area contributed by atoms with E-state index in [9.17, 15) is 9.59 Å². The van der Waals surface area contributed by atoms with Crippen LogP contribution in [0.5, 0.6) is 17.2 Å². The summed E-state index contributed by atoms with van der Waals surface area (Å²) in [5.74, 6) is 1.09. The number of hydrogen-bond donors (Lipinski definition) is 1. The Bertz CT molecular complexity index is 702. The molecule has 0 radical (unpaired) electrons. The Morgan fingerprint density at radius 2 is 1.67 bits per heavy atom. The van der Waals surface area contributed by atoms with Gasteiger partial charge in [0.05, 0.1) is 27.2 Å². The fourth-order valence-corrected chi connectivity index (χ4v) is 4.63. The van der Waals surface area contributed by atoms with Crippen LogP contribution >= 0.6 is 0 Å². The zero-order valence-electron chi connectivity index (χ0n) is 16.5. The predicted molar refractivity (Wildman–Crippen MR) is 100 cm³/mol. The molecule has 0 unspecified atom stereocenters. The Morgan fingerprint density at radius 1 is 1.07 bits per heavy atom. The molecule has 1 aromatic carbocycles. The van der Waals surface area contributed by atoms with Gasteiger partial charge in [-0.2, -0.15) is 0 Å². The van der Waals surface area contributed by atoms with Crippen molar-refractivity contribution in [2.75, 3.05) is 41.5 Å². The molecule has 1 atom stereocenters. The molecular weight excluding hydrogens is 348 g/mol. The first-order valence-electron chi connectivity index (χ1n) is 9.30. The monoisotopic (exact) mass is 376 g/mol. The molecule has 2 amide bonds. The van der Waals surface area contributed by atoms with Crippen LogP contribution in [-0.4, -0.2) is 58.2 Å². The zero-order chi connectivity index (χ0) is 19.6. The van der Waals surface area contributed by atoms with Gasteiger partial charge in [-0.25, -0.2) is 0 Å². The minimum absolute atomic E-state index is 0.0251. The quantitative estimate of drug-likeness (QED) is 0.852. The average molecular weight is 376 g/mol. The zero-order valence-corrected chi connectivity index (χ0v) is 16.5. The predicted octanol–water partition coefficient (Wildman–Crippen LogP) is 2.09. The molecule has 2 fully saturated rings. The number of methoxy groups -OCH3 is 3. The number of carbonyl (C=O) groups excluding carboxylic acids is 2. The lowest BCUT2D eigenvalue weighted by Gasteiger charge is -2.28. The van der Waals surface area contributed by atoms with Crippen LogP contribution in [0.4, 0.5) is 0 Å². The van der Waals surface area contributed by atoms with E-state index in [2.05, 4.69) is 5.32 Å². The maximum Gasteiger partial charge on any atom is 0.254 e. The van der Waals surface area contributed by atoms with Crippen molar-refractivity contribution < 1.29 is 23.8 Å². The number of likely N-dealkylation sites (tertiary alicyclic amines) is 1. The molecule has 1 heterocycles. The highest BCUT2D eigenvalue weighted by Gasteiger charge is 2.52. The molecule has 2 aliphatic rings. The van der Waals surface area contributed by atoms with Gasteiger partial charge in [-0.1, -0.05) is 12.8 Å². The van der Waals surface area contributed by atoms with Gasteiger partial charge in [0.2, 0.25) is 11.7 Å². The number of nitrogens with one attached hydrogen (secondary N) is 1. The summed E-state index contributed by atoms with van der Waals surface area (Å²) in [5.41, 5.74) is 0.367. The number of ether oxygens (including phenoxy) is 3.